The van der Waals surface area contributed by atoms with E-state index in [1.165, 1.54) is 22.0 Å². The molecule has 0 N–H and O–H groups in total. The zero-order chi connectivity index (χ0) is 8.93. The first-order valence-corrected chi connectivity index (χ1v) is 7.24. The Morgan fingerprint density at radius 3 is 2.77 bits per heavy atom. The molecule has 13 heavy (non-hydrogen) atoms. The maximum absolute atomic E-state index is 2.44. The third kappa shape index (κ3) is 2.44. The van der Waals surface area contributed by atoms with Crippen molar-refractivity contribution in [3.63, 3.8) is 0 Å². The van der Waals surface area contributed by atoms with E-state index < -0.39 is 0 Å². The SMILES string of the molecule is C1=CC(c2ccccc2)=C[I-]CC1. The molecule has 0 aliphatic carbocycles. The van der Waals surface area contributed by atoms with Gasteiger partial charge in [0.15, 0.2) is 0 Å². The first-order chi connectivity index (χ1) is 6.47. The molecule has 0 unspecified atom stereocenters. The molecule has 0 atom stereocenters. The van der Waals surface area contributed by atoms with E-state index in [-0.39, 0.29) is 0 Å². The molecular weight excluding hydrogens is 271 g/mol. The summed E-state index contributed by atoms with van der Waals surface area (Å²) >= 11 is 0.297. The minimum absolute atomic E-state index is 0.297. The predicted octanol–water partition coefficient (Wildman–Crippen LogP) is 0.0764. The normalized spacial score (nSPS) is 17.1. The molecule has 1 aliphatic heterocycles. The van der Waals surface area contributed by atoms with Crippen LogP contribution in [-0.2, 0) is 0 Å². The van der Waals surface area contributed by atoms with Crippen LogP contribution in [-0.4, -0.2) is 4.43 Å². The second-order valence-corrected chi connectivity index (χ2v) is 5.55. The summed E-state index contributed by atoms with van der Waals surface area (Å²) in [5, 5.41) is 0. The fourth-order valence-electron chi connectivity index (χ4n) is 1.30. The van der Waals surface area contributed by atoms with E-state index >= 15 is 0 Å². The van der Waals surface area contributed by atoms with Crippen molar-refractivity contribution in [2.45, 2.75) is 6.42 Å². The Hall–Kier alpha value is -0.570. The van der Waals surface area contributed by atoms with Crippen LogP contribution in [0.2, 0.25) is 0 Å². The predicted molar refractivity (Wildman–Crippen MR) is 53.0 cm³/mol. The fraction of sp³-hybridized carbons (Fsp3) is 0.167. The van der Waals surface area contributed by atoms with Crippen molar-refractivity contribution < 1.29 is 21.2 Å². The van der Waals surface area contributed by atoms with Gasteiger partial charge in [-0.3, -0.25) is 0 Å². The monoisotopic (exact) mass is 283 g/mol. The van der Waals surface area contributed by atoms with Crippen molar-refractivity contribution in [1.82, 2.24) is 0 Å². The Kier molecular flexibility index (Phi) is 3.19. The van der Waals surface area contributed by atoms with Gasteiger partial charge in [-0.15, -0.1) is 0 Å². The molecule has 0 spiro atoms. The van der Waals surface area contributed by atoms with E-state index in [9.17, 15) is 0 Å². The van der Waals surface area contributed by atoms with E-state index in [2.05, 4.69) is 46.6 Å². The second kappa shape index (κ2) is 4.61. The number of alkyl halides is 1. The summed E-state index contributed by atoms with van der Waals surface area (Å²) in [4.78, 5) is 0. The molecule has 2 rings (SSSR count). The van der Waals surface area contributed by atoms with E-state index in [1.54, 1.807) is 0 Å². The van der Waals surface area contributed by atoms with Gasteiger partial charge in [0, 0.05) is 0 Å². The summed E-state index contributed by atoms with van der Waals surface area (Å²) < 4.78 is 3.84. The number of hydrogen-bond donors (Lipinski definition) is 0. The first kappa shape index (κ1) is 9.00. The van der Waals surface area contributed by atoms with E-state index in [1.807, 2.05) is 0 Å². The maximum atomic E-state index is 2.44. The zero-order valence-electron chi connectivity index (χ0n) is 7.41. The minimum atomic E-state index is 0.297. The van der Waals surface area contributed by atoms with Gasteiger partial charge in [-0.25, -0.2) is 0 Å². The molecule has 0 amide bonds. The molecule has 0 saturated carbocycles. The summed E-state index contributed by atoms with van der Waals surface area (Å²) in [6, 6.07) is 10.6. The molecule has 0 radical (unpaired) electrons. The summed E-state index contributed by atoms with van der Waals surface area (Å²) in [6.45, 7) is 0. The molecule has 1 aromatic rings. The molecule has 1 heteroatoms. The van der Waals surface area contributed by atoms with Gasteiger partial charge in [-0.1, -0.05) is 0 Å². The third-order valence-electron chi connectivity index (χ3n) is 1.98. The van der Waals surface area contributed by atoms with Crippen molar-refractivity contribution in [1.29, 1.82) is 0 Å². The van der Waals surface area contributed by atoms with E-state index in [4.69, 9.17) is 0 Å². The van der Waals surface area contributed by atoms with Gasteiger partial charge >= 0.3 is 89.8 Å². The average molecular weight is 283 g/mol. The molecule has 1 aromatic carbocycles. The Morgan fingerprint density at radius 2 is 1.92 bits per heavy atom. The first-order valence-electron chi connectivity index (χ1n) is 4.47. The molecule has 0 bridgehead atoms. The number of benzene rings is 1. The van der Waals surface area contributed by atoms with Crippen LogP contribution in [0.1, 0.15) is 12.0 Å². The van der Waals surface area contributed by atoms with Gasteiger partial charge in [-0.05, 0) is 0 Å². The zero-order valence-corrected chi connectivity index (χ0v) is 9.57. The Bertz CT molecular complexity index is 322. The van der Waals surface area contributed by atoms with Crippen LogP contribution in [0.4, 0.5) is 0 Å². The summed E-state index contributed by atoms with van der Waals surface area (Å²) in [7, 11) is 0. The third-order valence-corrected chi connectivity index (χ3v) is 4.34. The Morgan fingerprint density at radius 1 is 1.08 bits per heavy atom. The van der Waals surface area contributed by atoms with Crippen molar-refractivity contribution in [2.24, 2.45) is 0 Å². The molecule has 0 aromatic heterocycles. The van der Waals surface area contributed by atoms with E-state index in [0.29, 0.717) is 21.2 Å². The second-order valence-electron chi connectivity index (χ2n) is 2.96. The summed E-state index contributed by atoms with van der Waals surface area (Å²) in [6.07, 6.45) is 5.83. The molecule has 1 heterocycles. The molecular formula is C12H12I-. The molecule has 0 saturated heterocycles. The van der Waals surface area contributed by atoms with Crippen LogP contribution >= 0.6 is 0 Å². The number of rotatable bonds is 1. The van der Waals surface area contributed by atoms with Gasteiger partial charge in [0.1, 0.15) is 0 Å². The van der Waals surface area contributed by atoms with Gasteiger partial charge in [0.25, 0.3) is 0 Å². The number of halogens is 1. The van der Waals surface area contributed by atoms with Crippen LogP contribution in [0.5, 0.6) is 0 Å². The van der Waals surface area contributed by atoms with Gasteiger partial charge in [0.05, 0.1) is 0 Å². The van der Waals surface area contributed by atoms with Crippen molar-refractivity contribution in [3.8, 4) is 0 Å². The van der Waals surface area contributed by atoms with Crippen LogP contribution in [0, 0.1) is 0 Å². The quantitative estimate of drug-likeness (QED) is 0.506. The van der Waals surface area contributed by atoms with Crippen molar-refractivity contribution in [3.05, 3.63) is 52.1 Å². The van der Waals surface area contributed by atoms with Gasteiger partial charge < -0.3 is 0 Å². The molecule has 68 valence electrons. The fourth-order valence-corrected chi connectivity index (χ4v) is 3.37. The van der Waals surface area contributed by atoms with Crippen LogP contribution in [0.3, 0.4) is 0 Å². The standard InChI is InChI=1S/C12H12I/c1-2-6-11(7-3-1)12-8-4-5-9-13-10-12/h1-4,6-8,10H,5,9H2/q-1. The Balaban J connectivity index is 2.29. The molecule has 0 fully saturated rings. The number of allylic oxidation sites excluding steroid dienone is 3. The van der Waals surface area contributed by atoms with Crippen LogP contribution in [0.15, 0.2) is 46.6 Å². The van der Waals surface area contributed by atoms with Crippen molar-refractivity contribution in [2.75, 3.05) is 4.43 Å². The molecule has 1 aliphatic rings. The van der Waals surface area contributed by atoms with Crippen LogP contribution in [0.25, 0.3) is 5.57 Å². The average Bonchev–Trinajstić information content (AvgIpc) is 2.47. The number of hydrogen-bond acceptors (Lipinski definition) is 0. The topological polar surface area (TPSA) is 0 Å². The summed E-state index contributed by atoms with van der Waals surface area (Å²) in [5.41, 5.74) is 2.78. The van der Waals surface area contributed by atoms with Gasteiger partial charge in [-0.2, -0.15) is 0 Å². The molecule has 0 nitrogen and oxygen atoms in total. The van der Waals surface area contributed by atoms with Crippen LogP contribution < -0.4 is 21.2 Å². The van der Waals surface area contributed by atoms with E-state index in [0.717, 1.165) is 0 Å². The summed E-state index contributed by atoms with van der Waals surface area (Å²) in [5.74, 6) is 0. The van der Waals surface area contributed by atoms with Crippen molar-refractivity contribution >= 4 is 5.57 Å². The van der Waals surface area contributed by atoms with Gasteiger partial charge in [0.2, 0.25) is 0 Å². The Labute approximate surface area is 89.6 Å².